The Bertz CT molecular complexity index is 331. The number of hydrogen-bond acceptors (Lipinski definition) is 3. The molecule has 0 spiro atoms. The Labute approximate surface area is 104 Å². The number of aliphatic hydroxyl groups excluding tert-OH is 1. The molecule has 0 aliphatic heterocycles. The molecule has 96 valence electrons. The van der Waals surface area contributed by atoms with E-state index in [4.69, 9.17) is 9.84 Å². The number of aliphatic hydroxyl groups is 1. The molecule has 0 aromatic heterocycles. The molecule has 0 heterocycles. The van der Waals surface area contributed by atoms with Crippen LogP contribution in [0, 0.1) is 5.41 Å². The summed E-state index contributed by atoms with van der Waals surface area (Å²) in [5, 5.41) is 12.2. The fourth-order valence-electron chi connectivity index (χ4n) is 1.52. The van der Waals surface area contributed by atoms with Gasteiger partial charge in [-0.05, 0) is 11.5 Å². The first-order chi connectivity index (χ1) is 8.03. The number of rotatable bonds is 6. The summed E-state index contributed by atoms with van der Waals surface area (Å²) >= 11 is 0. The molecule has 0 atom stereocenters. The summed E-state index contributed by atoms with van der Waals surface area (Å²) in [6.07, 6.45) is 0. The lowest BCUT2D eigenvalue weighted by atomic mass is 9.97. The highest BCUT2D eigenvalue weighted by Gasteiger charge is 2.09. The molecule has 0 radical (unpaired) electrons. The van der Waals surface area contributed by atoms with Crippen molar-refractivity contribution in [2.75, 3.05) is 19.8 Å². The van der Waals surface area contributed by atoms with Gasteiger partial charge in [-0.3, -0.25) is 0 Å². The molecule has 0 unspecified atom stereocenters. The van der Waals surface area contributed by atoms with Crippen LogP contribution < -0.4 is 10.1 Å². The fraction of sp³-hybridized carbons (Fsp3) is 0.571. The normalized spacial score (nSPS) is 11.5. The van der Waals surface area contributed by atoms with Crippen molar-refractivity contribution in [3.8, 4) is 5.75 Å². The van der Waals surface area contributed by atoms with E-state index in [0.29, 0.717) is 6.61 Å². The maximum atomic E-state index is 8.76. The lowest BCUT2D eigenvalue weighted by Crippen LogP contribution is -2.26. The van der Waals surface area contributed by atoms with Crippen molar-refractivity contribution in [2.45, 2.75) is 27.3 Å². The van der Waals surface area contributed by atoms with Crippen LogP contribution in [0.3, 0.4) is 0 Å². The Hall–Kier alpha value is -1.06. The average Bonchev–Trinajstić information content (AvgIpc) is 2.26. The maximum absolute atomic E-state index is 8.76. The predicted octanol–water partition coefficient (Wildman–Crippen LogP) is 2.19. The van der Waals surface area contributed by atoms with Crippen LogP contribution >= 0.6 is 0 Å². The third-order valence-corrected chi connectivity index (χ3v) is 2.29. The van der Waals surface area contributed by atoms with E-state index in [-0.39, 0.29) is 12.0 Å². The van der Waals surface area contributed by atoms with Crippen molar-refractivity contribution < 1.29 is 9.84 Å². The van der Waals surface area contributed by atoms with E-state index in [9.17, 15) is 0 Å². The smallest absolute Gasteiger partial charge is 0.123 e. The van der Waals surface area contributed by atoms with E-state index in [1.165, 1.54) is 0 Å². The van der Waals surface area contributed by atoms with Crippen LogP contribution in [0.5, 0.6) is 5.75 Å². The Balaban J connectivity index is 2.51. The summed E-state index contributed by atoms with van der Waals surface area (Å²) in [6, 6.07) is 7.92. The van der Waals surface area contributed by atoms with Crippen LogP contribution in [0.1, 0.15) is 26.3 Å². The molecular weight excluding hydrogens is 214 g/mol. The molecule has 1 aromatic rings. The Morgan fingerprint density at radius 1 is 1.24 bits per heavy atom. The van der Waals surface area contributed by atoms with Gasteiger partial charge in [-0.15, -0.1) is 0 Å². The van der Waals surface area contributed by atoms with Crippen LogP contribution in [0.15, 0.2) is 24.3 Å². The molecule has 1 aromatic carbocycles. The van der Waals surface area contributed by atoms with Crippen LogP contribution in [-0.2, 0) is 6.54 Å². The third-order valence-electron chi connectivity index (χ3n) is 2.29. The summed E-state index contributed by atoms with van der Waals surface area (Å²) < 4.78 is 5.48. The topological polar surface area (TPSA) is 41.5 Å². The van der Waals surface area contributed by atoms with Gasteiger partial charge in [-0.25, -0.2) is 0 Å². The second kappa shape index (κ2) is 6.62. The molecule has 2 N–H and O–H groups in total. The number of para-hydroxylation sites is 1. The molecule has 1 rings (SSSR count). The zero-order valence-corrected chi connectivity index (χ0v) is 11.0. The second-order valence-corrected chi connectivity index (χ2v) is 5.34. The third kappa shape index (κ3) is 5.71. The zero-order chi connectivity index (χ0) is 12.7. The number of hydrogen-bond donors (Lipinski definition) is 2. The summed E-state index contributed by atoms with van der Waals surface area (Å²) in [5.74, 6) is 0.850. The van der Waals surface area contributed by atoms with Crippen molar-refractivity contribution in [3.05, 3.63) is 29.8 Å². The lowest BCUT2D eigenvalue weighted by molar-refractivity contribution is 0.200. The van der Waals surface area contributed by atoms with Crippen molar-refractivity contribution in [1.29, 1.82) is 0 Å². The van der Waals surface area contributed by atoms with Gasteiger partial charge in [0.2, 0.25) is 0 Å². The molecule has 0 fully saturated rings. The van der Waals surface area contributed by atoms with Gasteiger partial charge in [0.05, 0.1) is 6.61 Å². The lowest BCUT2D eigenvalue weighted by Gasteiger charge is -2.19. The largest absolute Gasteiger partial charge is 0.491 e. The standard InChI is InChI=1S/C14H23NO2/c1-14(2,3)11-15-10-12-6-4-5-7-13(12)17-9-8-16/h4-7,15-16H,8-11H2,1-3H3. The summed E-state index contributed by atoms with van der Waals surface area (Å²) in [4.78, 5) is 0. The molecule has 0 aliphatic rings. The predicted molar refractivity (Wildman–Crippen MR) is 70.2 cm³/mol. The van der Waals surface area contributed by atoms with Gasteiger partial charge in [0, 0.05) is 18.7 Å². The average molecular weight is 237 g/mol. The van der Waals surface area contributed by atoms with Crippen molar-refractivity contribution in [3.63, 3.8) is 0 Å². The quantitative estimate of drug-likeness (QED) is 0.797. The van der Waals surface area contributed by atoms with Crippen molar-refractivity contribution in [1.82, 2.24) is 5.32 Å². The van der Waals surface area contributed by atoms with Gasteiger partial charge >= 0.3 is 0 Å². The van der Waals surface area contributed by atoms with Crippen LogP contribution in [0.4, 0.5) is 0 Å². The number of benzene rings is 1. The molecule has 0 aliphatic carbocycles. The Morgan fingerprint density at radius 3 is 2.59 bits per heavy atom. The van der Waals surface area contributed by atoms with E-state index < -0.39 is 0 Å². The first-order valence-corrected chi connectivity index (χ1v) is 6.05. The van der Waals surface area contributed by atoms with Crippen molar-refractivity contribution in [2.24, 2.45) is 5.41 Å². The van der Waals surface area contributed by atoms with Crippen molar-refractivity contribution >= 4 is 0 Å². The van der Waals surface area contributed by atoms with Crippen LogP contribution in [0.25, 0.3) is 0 Å². The van der Waals surface area contributed by atoms with E-state index in [2.05, 4.69) is 26.1 Å². The molecule has 0 saturated carbocycles. The minimum atomic E-state index is 0.0454. The zero-order valence-electron chi connectivity index (χ0n) is 11.0. The number of ether oxygens (including phenoxy) is 1. The summed E-state index contributed by atoms with van der Waals surface area (Å²) in [7, 11) is 0. The van der Waals surface area contributed by atoms with Gasteiger partial charge in [-0.2, -0.15) is 0 Å². The molecule has 0 amide bonds. The SMILES string of the molecule is CC(C)(C)CNCc1ccccc1OCCO. The summed E-state index contributed by atoms with van der Waals surface area (Å²) in [6.45, 7) is 8.75. The molecule has 3 heteroatoms. The second-order valence-electron chi connectivity index (χ2n) is 5.34. The molecular formula is C14H23NO2. The minimum absolute atomic E-state index is 0.0454. The first-order valence-electron chi connectivity index (χ1n) is 6.05. The monoisotopic (exact) mass is 237 g/mol. The molecule has 0 bridgehead atoms. The van der Waals surface area contributed by atoms with E-state index >= 15 is 0 Å². The van der Waals surface area contributed by atoms with E-state index in [1.54, 1.807) is 0 Å². The van der Waals surface area contributed by atoms with Crippen LogP contribution in [0.2, 0.25) is 0 Å². The molecule has 0 saturated heterocycles. The Kier molecular flexibility index (Phi) is 5.45. The minimum Gasteiger partial charge on any atom is -0.491 e. The van der Waals surface area contributed by atoms with Gasteiger partial charge in [0.25, 0.3) is 0 Å². The highest BCUT2D eigenvalue weighted by Crippen LogP contribution is 2.18. The van der Waals surface area contributed by atoms with E-state index in [0.717, 1.165) is 24.4 Å². The highest BCUT2D eigenvalue weighted by molar-refractivity contribution is 5.33. The molecule has 17 heavy (non-hydrogen) atoms. The fourth-order valence-corrected chi connectivity index (χ4v) is 1.52. The molecule has 3 nitrogen and oxygen atoms in total. The van der Waals surface area contributed by atoms with E-state index in [1.807, 2.05) is 24.3 Å². The summed E-state index contributed by atoms with van der Waals surface area (Å²) in [5.41, 5.74) is 1.41. The highest BCUT2D eigenvalue weighted by atomic mass is 16.5. The Morgan fingerprint density at radius 2 is 1.94 bits per heavy atom. The van der Waals surface area contributed by atoms with Gasteiger partial charge in [0.1, 0.15) is 12.4 Å². The van der Waals surface area contributed by atoms with Crippen LogP contribution in [-0.4, -0.2) is 24.9 Å². The maximum Gasteiger partial charge on any atom is 0.123 e. The van der Waals surface area contributed by atoms with Gasteiger partial charge < -0.3 is 15.2 Å². The van der Waals surface area contributed by atoms with Gasteiger partial charge in [0.15, 0.2) is 0 Å². The van der Waals surface area contributed by atoms with Gasteiger partial charge in [-0.1, -0.05) is 39.0 Å². The number of nitrogens with one attached hydrogen (secondary N) is 1. The first kappa shape index (κ1) is 14.0.